The van der Waals surface area contributed by atoms with Gasteiger partial charge in [0.1, 0.15) is 10.4 Å². The van der Waals surface area contributed by atoms with Gasteiger partial charge in [-0.2, -0.15) is 5.10 Å². The largest absolute Gasteiger partial charge is 0.462 e. The fraction of sp³-hybridized carbons (Fsp3) is 0.292. The smallest absolute Gasteiger partial charge is 0.341 e. The second-order valence-electron chi connectivity index (χ2n) is 8.68. The molecule has 0 spiro atoms. The van der Waals surface area contributed by atoms with Crippen LogP contribution in [0, 0.1) is 0 Å². The maximum absolute atomic E-state index is 12.9. The highest BCUT2D eigenvalue weighted by atomic mass is 32.2. The minimum atomic E-state index is -3.86. The Hall–Kier alpha value is -3.53. The first-order valence-corrected chi connectivity index (χ1v) is 15.4. The second-order valence-corrected chi connectivity index (χ2v) is 12.3. The van der Waals surface area contributed by atoms with Crippen molar-refractivity contribution in [1.82, 2.24) is 19.7 Å². The highest BCUT2D eigenvalue weighted by Gasteiger charge is 2.27. The van der Waals surface area contributed by atoms with Crippen molar-refractivity contribution in [3.8, 4) is 5.69 Å². The molecule has 0 unspecified atom stereocenters. The zero-order valence-corrected chi connectivity index (χ0v) is 23.2. The summed E-state index contributed by atoms with van der Waals surface area (Å²) in [5.41, 5.74) is 1.65. The van der Waals surface area contributed by atoms with E-state index in [0.29, 0.717) is 16.3 Å². The minimum Gasteiger partial charge on any atom is -0.462 e. The van der Waals surface area contributed by atoms with Gasteiger partial charge in [-0.1, -0.05) is 11.8 Å². The number of aromatic amines is 1. The first-order valence-electron chi connectivity index (χ1n) is 12.0. The molecule has 1 amide bonds. The average molecular weight is 589 g/mol. The summed E-state index contributed by atoms with van der Waals surface area (Å²) in [7, 11) is -3.86. The Kier molecular flexibility index (Phi) is 7.57. The van der Waals surface area contributed by atoms with E-state index >= 15 is 0 Å². The van der Waals surface area contributed by atoms with E-state index in [1.807, 2.05) is 0 Å². The van der Waals surface area contributed by atoms with Crippen LogP contribution in [-0.2, 0) is 32.4 Å². The van der Waals surface area contributed by atoms with Crippen LogP contribution in [-0.4, -0.2) is 52.4 Å². The molecule has 0 radical (unpaired) electrons. The van der Waals surface area contributed by atoms with E-state index in [1.165, 1.54) is 46.5 Å². The van der Waals surface area contributed by atoms with Crippen LogP contribution < -0.4 is 16.0 Å². The average Bonchev–Trinajstić information content (AvgIpc) is 3.49. The van der Waals surface area contributed by atoms with Crippen LogP contribution in [0.3, 0.4) is 0 Å². The normalized spacial score (nSPS) is 13.3. The van der Waals surface area contributed by atoms with Crippen molar-refractivity contribution in [1.29, 1.82) is 0 Å². The van der Waals surface area contributed by atoms with Gasteiger partial charge in [0.2, 0.25) is 15.9 Å². The number of benzene rings is 1. The fourth-order valence-electron chi connectivity index (χ4n) is 4.30. The Morgan fingerprint density at radius 3 is 2.69 bits per heavy atom. The molecular weight excluding hydrogens is 565 g/mol. The predicted molar refractivity (Wildman–Crippen MR) is 147 cm³/mol. The topological polar surface area (TPSA) is 179 Å². The van der Waals surface area contributed by atoms with Crippen LogP contribution in [0.25, 0.3) is 16.7 Å². The van der Waals surface area contributed by atoms with E-state index in [9.17, 15) is 22.8 Å². The van der Waals surface area contributed by atoms with Crippen LogP contribution in [0.15, 0.2) is 45.3 Å². The number of amides is 1. The maximum atomic E-state index is 12.9. The van der Waals surface area contributed by atoms with Crippen molar-refractivity contribution in [3.05, 3.63) is 56.8 Å². The quantitative estimate of drug-likeness (QED) is 0.158. The van der Waals surface area contributed by atoms with E-state index in [1.54, 1.807) is 6.92 Å². The highest BCUT2D eigenvalue weighted by molar-refractivity contribution is 7.99. The summed E-state index contributed by atoms with van der Waals surface area (Å²) in [6.07, 6.45) is 5.00. The second kappa shape index (κ2) is 10.9. The number of thioether (sulfide) groups is 1. The van der Waals surface area contributed by atoms with Gasteiger partial charge in [0.25, 0.3) is 5.56 Å². The summed E-state index contributed by atoms with van der Waals surface area (Å²) < 4.78 is 29.7. The molecule has 1 aliphatic carbocycles. The molecule has 0 fully saturated rings. The number of aromatic nitrogens is 4. The number of sulfonamides is 1. The first kappa shape index (κ1) is 27.1. The molecule has 0 saturated carbocycles. The van der Waals surface area contributed by atoms with Crippen molar-refractivity contribution in [3.63, 3.8) is 0 Å². The van der Waals surface area contributed by atoms with Crippen LogP contribution >= 0.6 is 23.1 Å². The molecule has 15 heteroatoms. The Morgan fingerprint density at radius 1 is 1.23 bits per heavy atom. The summed E-state index contributed by atoms with van der Waals surface area (Å²) in [5, 5.41) is 13.1. The van der Waals surface area contributed by atoms with E-state index in [4.69, 9.17) is 9.88 Å². The molecule has 5 rings (SSSR count). The number of esters is 1. The number of rotatable bonds is 8. The van der Waals surface area contributed by atoms with Crippen LogP contribution in [0.4, 0.5) is 5.00 Å². The third kappa shape index (κ3) is 5.61. The molecular formula is C24H24N6O6S3. The number of aryl methyl sites for hydroxylation is 1. The lowest BCUT2D eigenvalue weighted by Crippen LogP contribution is -2.18. The zero-order chi connectivity index (χ0) is 27.7. The van der Waals surface area contributed by atoms with Crippen molar-refractivity contribution in [2.45, 2.75) is 42.7 Å². The number of thiophene rings is 1. The number of hydrogen-bond donors (Lipinski definition) is 3. The standard InChI is InChI=1S/C24H24N6O6S3/c1-2-36-23(33)19-15-5-3-4-6-17(15)38-22(19)27-18(31)12-37-24-28-20-16(21(32)29-24)11-26-30(20)13-7-9-14(10-8-13)39(25,34)35/h7-11H,2-6,12H2,1H3,(H,27,31)(H2,25,34,35)(H,28,29,32). The number of nitrogens with one attached hydrogen (secondary N) is 2. The highest BCUT2D eigenvalue weighted by Crippen LogP contribution is 2.38. The van der Waals surface area contributed by atoms with Gasteiger partial charge in [-0.15, -0.1) is 11.3 Å². The minimum absolute atomic E-state index is 0.0616. The van der Waals surface area contributed by atoms with Gasteiger partial charge in [-0.05, 0) is 62.4 Å². The summed E-state index contributed by atoms with van der Waals surface area (Å²) in [4.78, 5) is 46.3. The van der Waals surface area contributed by atoms with E-state index in [2.05, 4.69) is 20.4 Å². The third-order valence-electron chi connectivity index (χ3n) is 6.07. The molecule has 1 aliphatic rings. The van der Waals surface area contributed by atoms with Crippen LogP contribution in [0.2, 0.25) is 0 Å². The molecule has 204 valence electrons. The Bertz CT molecular complexity index is 1740. The van der Waals surface area contributed by atoms with Crippen molar-refractivity contribution < 1.29 is 22.7 Å². The van der Waals surface area contributed by atoms with Crippen LogP contribution in [0.5, 0.6) is 0 Å². The molecule has 0 aliphatic heterocycles. The van der Waals surface area contributed by atoms with Gasteiger partial charge in [0, 0.05) is 4.88 Å². The summed E-state index contributed by atoms with van der Waals surface area (Å²) in [5.74, 6) is -0.878. The molecule has 0 bridgehead atoms. The summed E-state index contributed by atoms with van der Waals surface area (Å²) in [6, 6.07) is 5.66. The number of primary sulfonamides is 1. The molecule has 0 atom stereocenters. The monoisotopic (exact) mass is 588 g/mol. The van der Waals surface area contributed by atoms with E-state index in [0.717, 1.165) is 47.9 Å². The van der Waals surface area contributed by atoms with Gasteiger partial charge in [0.05, 0.1) is 34.7 Å². The number of fused-ring (bicyclic) bond motifs is 2. The number of ether oxygens (including phenoxy) is 1. The first-order chi connectivity index (χ1) is 18.7. The molecule has 0 saturated heterocycles. The number of carbonyl (C=O) groups excluding carboxylic acids is 2. The third-order valence-corrected chi connectivity index (χ3v) is 9.08. The number of anilines is 1. The Labute approximate surface area is 231 Å². The van der Waals surface area contributed by atoms with Gasteiger partial charge < -0.3 is 15.0 Å². The van der Waals surface area contributed by atoms with E-state index in [-0.39, 0.29) is 39.4 Å². The van der Waals surface area contributed by atoms with Crippen molar-refractivity contribution >= 4 is 61.0 Å². The van der Waals surface area contributed by atoms with Crippen molar-refractivity contribution in [2.75, 3.05) is 17.7 Å². The Balaban J connectivity index is 1.35. The lowest BCUT2D eigenvalue weighted by atomic mass is 9.95. The van der Waals surface area contributed by atoms with E-state index < -0.39 is 21.6 Å². The number of nitrogens with zero attached hydrogens (tertiary/aromatic N) is 3. The molecule has 12 nitrogen and oxygen atoms in total. The SMILES string of the molecule is CCOC(=O)c1c(NC(=O)CSc2nc3c(cnn3-c3ccc(S(N)(=O)=O)cc3)c(=O)[nH]2)sc2c1CCCC2. The lowest BCUT2D eigenvalue weighted by Gasteiger charge is -2.12. The number of nitrogens with two attached hydrogens (primary N) is 1. The molecule has 1 aromatic carbocycles. The maximum Gasteiger partial charge on any atom is 0.341 e. The number of carbonyl (C=O) groups is 2. The number of hydrogen-bond acceptors (Lipinski definition) is 10. The molecule has 39 heavy (non-hydrogen) atoms. The molecule has 3 aromatic heterocycles. The van der Waals surface area contributed by atoms with Gasteiger partial charge in [-0.3, -0.25) is 9.59 Å². The van der Waals surface area contributed by atoms with Gasteiger partial charge in [0.15, 0.2) is 10.8 Å². The van der Waals surface area contributed by atoms with Gasteiger partial charge >= 0.3 is 5.97 Å². The molecule has 4 N–H and O–H groups in total. The molecule has 3 heterocycles. The fourth-order valence-corrected chi connectivity index (χ4v) is 6.77. The summed E-state index contributed by atoms with van der Waals surface area (Å²) >= 11 is 2.42. The molecule has 4 aromatic rings. The van der Waals surface area contributed by atoms with Gasteiger partial charge in [-0.25, -0.2) is 28.0 Å². The number of H-pyrrole nitrogens is 1. The Morgan fingerprint density at radius 2 is 1.97 bits per heavy atom. The summed E-state index contributed by atoms with van der Waals surface area (Å²) in [6.45, 7) is 1.98. The van der Waals surface area contributed by atoms with Crippen LogP contribution in [0.1, 0.15) is 40.6 Å². The van der Waals surface area contributed by atoms with Crippen molar-refractivity contribution in [2.24, 2.45) is 5.14 Å². The predicted octanol–water partition coefficient (Wildman–Crippen LogP) is 2.60. The zero-order valence-electron chi connectivity index (χ0n) is 20.7. The lowest BCUT2D eigenvalue weighted by molar-refractivity contribution is -0.113.